The van der Waals surface area contributed by atoms with E-state index in [-0.39, 0.29) is 51.0 Å². The van der Waals surface area contributed by atoms with Gasteiger partial charge in [0.15, 0.2) is 0 Å². The van der Waals surface area contributed by atoms with Gasteiger partial charge in [-0.05, 0) is 25.7 Å². The molecule has 4 aliphatic rings. The molecule has 0 aromatic heterocycles. The van der Waals surface area contributed by atoms with Crippen LogP contribution < -0.4 is 24.8 Å². The summed E-state index contributed by atoms with van der Waals surface area (Å²) in [7, 11) is 0. The van der Waals surface area contributed by atoms with Crippen molar-refractivity contribution in [2.24, 2.45) is 0 Å². The van der Waals surface area contributed by atoms with E-state index in [0.29, 0.717) is 11.8 Å². The van der Waals surface area contributed by atoms with Crippen LogP contribution in [0.4, 0.5) is 0 Å². The molecule has 0 amide bonds. The molecule has 6 rings (SSSR count). The van der Waals surface area contributed by atoms with Gasteiger partial charge in [-0.3, -0.25) is 0 Å². The molecule has 2 unspecified atom stereocenters. The van der Waals surface area contributed by atoms with Crippen LogP contribution in [0.15, 0.2) is 84.0 Å². The third kappa shape index (κ3) is 4.93. The maximum atomic E-state index is 3.52. The summed E-state index contributed by atoms with van der Waals surface area (Å²) in [6.45, 7) is 8.70. The monoisotopic (exact) mass is 546 g/mol. The van der Waals surface area contributed by atoms with Crippen molar-refractivity contribution in [3.63, 3.8) is 0 Å². The summed E-state index contributed by atoms with van der Waals surface area (Å²) in [5.74, 6) is 0.897. The standard InChI is InChI=1S/2C15H13.2ClH.Zr/c2*1-10-7-8-14-13-6-4-3-5-12(13)9-15(14)11(10)2;;;/h2*3-8,13H,1-2H3;2*1H;/q2*-1;;;+4/p-2. The van der Waals surface area contributed by atoms with Crippen LogP contribution in [0, 0.1) is 39.8 Å². The Hall–Kier alpha value is -1.66. The summed E-state index contributed by atoms with van der Waals surface area (Å²) >= 11 is 0. The zero-order valence-electron chi connectivity index (χ0n) is 19.3. The average molecular weight is 549 g/mol. The molecular formula is C30H26Cl2Zr. The van der Waals surface area contributed by atoms with Gasteiger partial charge in [-0.15, -0.1) is 93.1 Å². The van der Waals surface area contributed by atoms with Gasteiger partial charge in [-0.25, -0.2) is 0 Å². The molecule has 2 aromatic rings. The smallest absolute Gasteiger partial charge is 1.00 e. The fourth-order valence-corrected chi connectivity index (χ4v) is 4.68. The molecular weight excluding hydrogens is 522 g/mol. The van der Waals surface area contributed by atoms with Crippen LogP contribution in [-0.2, 0) is 26.2 Å². The number of rotatable bonds is 0. The second-order valence-corrected chi connectivity index (χ2v) is 8.55. The Labute approximate surface area is 229 Å². The van der Waals surface area contributed by atoms with Crippen LogP contribution in [0.2, 0.25) is 0 Å². The van der Waals surface area contributed by atoms with Crippen molar-refractivity contribution in [1.82, 2.24) is 0 Å². The van der Waals surface area contributed by atoms with E-state index < -0.39 is 0 Å². The van der Waals surface area contributed by atoms with Crippen molar-refractivity contribution in [2.75, 3.05) is 0 Å². The van der Waals surface area contributed by atoms with E-state index in [1.165, 1.54) is 55.7 Å². The number of hydrogen-bond donors (Lipinski definition) is 0. The van der Waals surface area contributed by atoms with Gasteiger partial charge in [0.25, 0.3) is 0 Å². The Morgan fingerprint density at radius 2 is 0.970 bits per heavy atom. The summed E-state index contributed by atoms with van der Waals surface area (Å²) in [5, 5.41) is 0. The second-order valence-electron chi connectivity index (χ2n) is 8.55. The normalized spacial score (nSPS) is 19.3. The molecule has 0 bridgehead atoms. The van der Waals surface area contributed by atoms with E-state index in [9.17, 15) is 0 Å². The summed E-state index contributed by atoms with van der Waals surface area (Å²) in [6, 6.07) is 8.91. The van der Waals surface area contributed by atoms with Crippen LogP contribution in [0.5, 0.6) is 0 Å². The first-order chi connectivity index (χ1) is 14.5. The van der Waals surface area contributed by atoms with Gasteiger partial charge in [0.2, 0.25) is 0 Å². The van der Waals surface area contributed by atoms with E-state index >= 15 is 0 Å². The van der Waals surface area contributed by atoms with Gasteiger partial charge in [-0.1, -0.05) is 61.4 Å². The van der Waals surface area contributed by atoms with Crippen molar-refractivity contribution in [1.29, 1.82) is 0 Å². The fourth-order valence-electron chi connectivity index (χ4n) is 4.68. The number of fused-ring (bicyclic) bond motifs is 6. The van der Waals surface area contributed by atoms with Crippen molar-refractivity contribution in [3.8, 4) is 0 Å². The largest absolute Gasteiger partial charge is 4.00 e. The molecule has 0 radical (unpaired) electrons. The zero-order valence-corrected chi connectivity index (χ0v) is 23.3. The van der Waals surface area contributed by atoms with Gasteiger partial charge in [-0.2, -0.15) is 0 Å². The molecule has 0 N–H and O–H groups in total. The molecule has 0 aliphatic heterocycles. The predicted octanol–water partition coefficient (Wildman–Crippen LogP) is 1.21. The first-order valence-electron chi connectivity index (χ1n) is 10.7. The maximum Gasteiger partial charge on any atom is 4.00 e. The SMILES string of the molecule is Cc1ccc2c(c1C)[C-]=C1C=CC=CC12.Cc1ccc2c(c1C)[C-]=C1C=CC=CC12.[Cl-].[Cl-].[Zr+4]. The summed E-state index contributed by atoms with van der Waals surface area (Å²) in [5.41, 5.74) is 13.5. The number of aryl methyl sites for hydroxylation is 2. The van der Waals surface area contributed by atoms with Gasteiger partial charge >= 0.3 is 26.2 Å². The minimum absolute atomic E-state index is 0. The van der Waals surface area contributed by atoms with Crippen molar-refractivity contribution in [2.45, 2.75) is 39.5 Å². The second kappa shape index (κ2) is 11.2. The Bertz CT molecular complexity index is 1140. The molecule has 4 aliphatic carbocycles. The molecule has 0 spiro atoms. The Kier molecular flexibility index (Phi) is 9.35. The molecule has 2 atom stereocenters. The van der Waals surface area contributed by atoms with E-state index in [4.69, 9.17) is 0 Å². The van der Waals surface area contributed by atoms with Crippen molar-refractivity contribution in [3.05, 3.63) is 141 Å². The Morgan fingerprint density at radius 1 is 0.576 bits per heavy atom. The summed E-state index contributed by atoms with van der Waals surface area (Å²) < 4.78 is 0. The first-order valence-corrected chi connectivity index (χ1v) is 10.7. The minimum atomic E-state index is 0. The molecule has 0 nitrogen and oxygen atoms in total. The molecule has 0 saturated carbocycles. The third-order valence-electron chi connectivity index (χ3n) is 6.80. The molecule has 0 fully saturated rings. The van der Waals surface area contributed by atoms with Crippen molar-refractivity contribution < 1.29 is 51.0 Å². The zero-order chi connectivity index (χ0) is 20.8. The van der Waals surface area contributed by atoms with Gasteiger partial charge < -0.3 is 24.8 Å². The quantitative estimate of drug-likeness (QED) is 0.435. The fraction of sp³-hybridized carbons (Fsp3) is 0.200. The van der Waals surface area contributed by atoms with Gasteiger partial charge in [0.05, 0.1) is 0 Å². The predicted molar refractivity (Wildman–Crippen MR) is 126 cm³/mol. The Balaban J connectivity index is 0.000000214. The topological polar surface area (TPSA) is 0 Å². The number of benzene rings is 2. The number of hydrogen-bond acceptors (Lipinski definition) is 0. The van der Waals surface area contributed by atoms with E-state index in [2.05, 4.69) is 113 Å². The van der Waals surface area contributed by atoms with Gasteiger partial charge in [0.1, 0.15) is 0 Å². The maximum absolute atomic E-state index is 3.52. The van der Waals surface area contributed by atoms with Crippen LogP contribution >= 0.6 is 0 Å². The van der Waals surface area contributed by atoms with Crippen LogP contribution in [-0.4, -0.2) is 0 Å². The number of halogens is 2. The molecule has 164 valence electrons. The van der Waals surface area contributed by atoms with E-state index in [0.717, 1.165) is 0 Å². The van der Waals surface area contributed by atoms with E-state index in [1.807, 2.05) is 0 Å². The third-order valence-corrected chi connectivity index (χ3v) is 6.80. The first kappa shape index (κ1) is 27.6. The van der Waals surface area contributed by atoms with Crippen LogP contribution in [0.3, 0.4) is 0 Å². The molecule has 3 heteroatoms. The van der Waals surface area contributed by atoms with Crippen LogP contribution in [0.25, 0.3) is 0 Å². The molecule has 0 saturated heterocycles. The molecule has 33 heavy (non-hydrogen) atoms. The Morgan fingerprint density at radius 3 is 1.36 bits per heavy atom. The summed E-state index contributed by atoms with van der Waals surface area (Å²) in [4.78, 5) is 0. The molecule has 0 heterocycles. The van der Waals surface area contributed by atoms with E-state index in [1.54, 1.807) is 0 Å². The van der Waals surface area contributed by atoms with Gasteiger partial charge in [0, 0.05) is 0 Å². The number of allylic oxidation sites excluding steroid dienone is 10. The van der Waals surface area contributed by atoms with Crippen molar-refractivity contribution >= 4 is 0 Å². The van der Waals surface area contributed by atoms with Crippen LogP contribution in [0.1, 0.15) is 56.3 Å². The molecule has 2 aromatic carbocycles. The minimum Gasteiger partial charge on any atom is -1.00 e. The average Bonchev–Trinajstić information content (AvgIpc) is 3.33. The summed E-state index contributed by atoms with van der Waals surface area (Å²) in [6.07, 6.45) is 24.3.